The van der Waals surface area contributed by atoms with Crippen LogP contribution in [0.25, 0.3) is 0 Å². The summed E-state index contributed by atoms with van der Waals surface area (Å²) in [6, 6.07) is 0. The van der Waals surface area contributed by atoms with Gasteiger partial charge in [-0.15, -0.1) is 12.4 Å². The van der Waals surface area contributed by atoms with Crippen molar-refractivity contribution in [1.82, 2.24) is 0 Å². The maximum Gasteiger partial charge on any atom is 0.342 e. The Labute approximate surface area is 64.6 Å². The Hall–Kier alpha value is -0.610. The number of aliphatic hydroxyl groups is 1. The van der Waals surface area contributed by atoms with E-state index in [0.717, 1.165) is 6.92 Å². The fourth-order valence-electron chi connectivity index (χ4n) is 0.227. The molecule has 0 saturated heterocycles. The Bertz CT molecular complexity index is 132. The van der Waals surface area contributed by atoms with Gasteiger partial charge in [0.15, 0.2) is 0 Å². The van der Waals surface area contributed by atoms with Gasteiger partial charge in [-0.25, -0.2) is 4.79 Å². The van der Waals surface area contributed by atoms with E-state index in [1.807, 2.05) is 0 Å². The summed E-state index contributed by atoms with van der Waals surface area (Å²) in [5.41, 5.74) is 0. The van der Waals surface area contributed by atoms with E-state index in [9.17, 15) is 9.59 Å². The molecule has 0 aromatic rings. The van der Waals surface area contributed by atoms with Gasteiger partial charge in [-0.2, -0.15) is 0 Å². The van der Waals surface area contributed by atoms with Gasteiger partial charge in [0.2, 0.25) is 0 Å². The van der Waals surface area contributed by atoms with Crippen molar-refractivity contribution in [1.29, 1.82) is 0 Å². The lowest BCUT2D eigenvalue weighted by Gasteiger charge is -1.99. The Morgan fingerprint density at radius 1 is 1.50 bits per heavy atom. The Morgan fingerprint density at radius 3 is 2.00 bits per heavy atom. The molecule has 0 rings (SSSR count). The number of carbonyl (C=O) groups is 2. The average molecular weight is 169 g/mol. The number of rotatable bonds is 1. The summed E-state index contributed by atoms with van der Waals surface area (Å²) in [6.45, 7) is 2.32. The van der Waals surface area contributed by atoms with Crippen molar-refractivity contribution < 1.29 is 19.4 Å². The minimum Gasteiger partial charge on any atom is -0.391 e. The van der Waals surface area contributed by atoms with Crippen LogP contribution in [0.2, 0.25) is 0 Å². The number of halogens is 1. The Balaban J connectivity index is 0. The van der Waals surface area contributed by atoms with E-state index in [-0.39, 0.29) is 12.4 Å². The van der Waals surface area contributed by atoms with Crippen LogP contribution in [-0.4, -0.2) is 23.1 Å². The van der Waals surface area contributed by atoms with Gasteiger partial charge in [0.05, 0.1) is 0 Å². The monoisotopic (exact) mass is 168 g/mol. The van der Waals surface area contributed by atoms with Gasteiger partial charge in [-0.3, -0.25) is 4.79 Å². The van der Waals surface area contributed by atoms with Crippen molar-refractivity contribution in [2.24, 2.45) is 0 Å². The molecule has 0 aromatic heterocycles. The Kier molecular flexibility index (Phi) is 6.29. The number of esters is 2. The highest BCUT2D eigenvalue weighted by molar-refractivity contribution is 5.86. The molecule has 1 N–H and O–H groups in total. The van der Waals surface area contributed by atoms with Crippen LogP contribution in [0, 0.1) is 0 Å². The second-order valence-corrected chi connectivity index (χ2v) is 1.59. The summed E-state index contributed by atoms with van der Waals surface area (Å²) < 4.78 is 3.98. The van der Waals surface area contributed by atoms with Crippen LogP contribution in [-0.2, 0) is 14.3 Å². The third kappa shape index (κ3) is 5.53. The van der Waals surface area contributed by atoms with Crippen LogP contribution >= 0.6 is 12.4 Å². The van der Waals surface area contributed by atoms with E-state index in [1.165, 1.54) is 6.92 Å². The normalized spacial score (nSPS) is 11.1. The van der Waals surface area contributed by atoms with Gasteiger partial charge in [0, 0.05) is 6.92 Å². The Morgan fingerprint density at radius 2 is 1.90 bits per heavy atom. The molecule has 1 unspecified atom stereocenters. The molecule has 0 aromatic carbocycles. The number of aliphatic hydroxyl groups excluding tert-OH is 1. The van der Waals surface area contributed by atoms with Crippen molar-refractivity contribution in [3.63, 3.8) is 0 Å². The van der Waals surface area contributed by atoms with Crippen LogP contribution in [0.5, 0.6) is 0 Å². The van der Waals surface area contributed by atoms with Gasteiger partial charge in [-0.1, -0.05) is 0 Å². The topological polar surface area (TPSA) is 63.6 Å². The summed E-state index contributed by atoms with van der Waals surface area (Å²) >= 11 is 0. The minimum absolute atomic E-state index is 0. The maximum atomic E-state index is 10.3. The molecule has 0 amide bonds. The zero-order chi connectivity index (χ0) is 7.44. The molecular formula is C5H9ClO4. The lowest BCUT2D eigenvalue weighted by molar-refractivity contribution is -0.163. The molecule has 0 saturated carbocycles. The second kappa shape index (κ2) is 5.20. The van der Waals surface area contributed by atoms with Gasteiger partial charge in [0.25, 0.3) is 0 Å². The zero-order valence-corrected chi connectivity index (χ0v) is 6.47. The molecule has 0 aliphatic heterocycles. The third-order valence-electron chi connectivity index (χ3n) is 0.585. The van der Waals surface area contributed by atoms with Crippen molar-refractivity contribution in [3.05, 3.63) is 0 Å². The van der Waals surface area contributed by atoms with Gasteiger partial charge in [-0.05, 0) is 6.92 Å². The average Bonchev–Trinajstić information content (AvgIpc) is 1.63. The molecule has 0 radical (unpaired) electrons. The van der Waals surface area contributed by atoms with Crippen LogP contribution in [0.1, 0.15) is 13.8 Å². The summed E-state index contributed by atoms with van der Waals surface area (Å²) in [5, 5.41) is 8.44. The van der Waals surface area contributed by atoms with E-state index in [4.69, 9.17) is 5.11 Å². The highest BCUT2D eigenvalue weighted by Gasteiger charge is 2.11. The second-order valence-electron chi connectivity index (χ2n) is 1.59. The van der Waals surface area contributed by atoms with Crippen LogP contribution in [0.4, 0.5) is 0 Å². The number of hydrogen-bond donors (Lipinski definition) is 1. The fourth-order valence-corrected chi connectivity index (χ4v) is 0.227. The number of hydrogen-bond acceptors (Lipinski definition) is 4. The van der Waals surface area contributed by atoms with Gasteiger partial charge in [0.1, 0.15) is 6.10 Å². The highest BCUT2D eigenvalue weighted by atomic mass is 35.5. The quantitative estimate of drug-likeness (QED) is 0.438. The third-order valence-corrected chi connectivity index (χ3v) is 0.585. The number of ether oxygens (including phenoxy) is 1. The van der Waals surface area contributed by atoms with Crippen molar-refractivity contribution in [2.75, 3.05) is 0 Å². The van der Waals surface area contributed by atoms with Gasteiger partial charge < -0.3 is 9.84 Å². The lowest BCUT2D eigenvalue weighted by atomic mass is 10.4. The number of carbonyl (C=O) groups excluding carboxylic acids is 2. The van der Waals surface area contributed by atoms with E-state index >= 15 is 0 Å². The van der Waals surface area contributed by atoms with Crippen molar-refractivity contribution in [3.8, 4) is 0 Å². The molecule has 0 spiro atoms. The zero-order valence-electron chi connectivity index (χ0n) is 5.66. The molecule has 60 valence electrons. The largest absolute Gasteiger partial charge is 0.391 e. The predicted molar refractivity (Wildman–Crippen MR) is 35.7 cm³/mol. The standard InChI is InChI=1S/C5H8O4.ClH/c1-3(6)5(8)9-4(2)7;/h3,6H,1-2H3;1H. The summed E-state index contributed by atoms with van der Waals surface area (Å²) in [5.74, 6) is -1.62. The van der Waals surface area contributed by atoms with E-state index in [0.29, 0.717) is 0 Å². The molecule has 0 fully saturated rings. The predicted octanol–water partition coefficient (Wildman–Crippen LogP) is -0.121. The first-order valence-corrected chi connectivity index (χ1v) is 2.44. The smallest absolute Gasteiger partial charge is 0.342 e. The molecule has 0 heterocycles. The molecule has 5 heteroatoms. The minimum atomic E-state index is -1.23. The van der Waals surface area contributed by atoms with E-state index in [2.05, 4.69) is 4.74 Å². The summed E-state index contributed by atoms with van der Waals surface area (Å²) in [4.78, 5) is 20.3. The highest BCUT2D eigenvalue weighted by Crippen LogP contribution is 1.85. The van der Waals surface area contributed by atoms with E-state index in [1.54, 1.807) is 0 Å². The van der Waals surface area contributed by atoms with Crippen LogP contribution in [0.3, 0.4) is 0 Å². The van der Waals surface area contributed by atoms with Crippen molar-refractivity contribution in [2.45, 2.75) is 20.0 Å². The molecule has 0 bridgehead atoms. The first kappa shape index (κ1) is 12.1. The molecule has 0 aliphatic carbocycles. The van der Waals surface area contributed by atoms with Gasteiger partial charge >= 0.3 is 11.9 Å². The first-order chi connectivity index (χ1) is 4.04. The fraction of sp³-hybridized carbons (Fsp3) is 0.600. The van der Waals surface area contributed by atoms with Crippen molar-refractivity contribution >= 4 is 24.3 Å². The first-order valence-electron chi connectivity index (χ1n) is 2.44. The molecule has 4 nitrogen and oxygen atoms in total. The molecule has 1 atom stereocenters. The van der Waals surface area contributed by atoms with Crippen LogP contribution in [0.15, 0.2) is 0 Å². The van der Waals surface area contributed by atoms with E-state index < -0.39 is 18.0 Å². The molecule has 10 heavy (non-hydrogen) atoms. The summed E-state index contributed by atoms with van der Waals surface area (Å²) in [6.07, 6.45) is -1.23. The van der Waals surface area contributed by atoms with Crippen LogP contribution < -0.4 is 0 Å². The maximum absolute atomic E-state index is 10.3. The molecular weight excluding hydrogens is 160 g/mol. The lowest BCUT2D eigenvalue weighted by Crippen LogP contribution is -2.21. The SMILES string of the molecule is CC(=O)OC(=O)C(C)O.Cl. The molecule has 0 aliphatic rings. The summed E-state index contributed by atoms with van der Waals surface area (Å²) in [7, 11) is 0.